The Morgan fingerprint density at radius 1 is 1.29 bits per heavy atom. The zero-order chi connectivity index (χ0) is 11.0. The summed E-state index contributed by atoms with van der Waals surface area (Å²) in [6.45, 7) is 9.09. The Balaban J connectivity index is 3.27. The summed E-state index contributed by atoms with van der Waals surface area (Å²) in [5.41, 5.74) is 0. The lowest BCUT2D eigenvalue weighted by Crippen LogP contribution is -2.34. The molecule has 0 heterocycles. The van der Waals surface area contributed by atoms with Gasteiger partial charge in [-0.2, -0.15) is 0 Å². The van der Waals surface area contributed by atoms with E-state index in [2.05, 4.69) is 19.2 Å². The summed E-state index contributed by atoms with van der Waals surface area (Å²) in [7, 11) is 0. The quantitative estimate of drug-likeness (QED) is 0.469. The van der Waals surface area contributed by atoms with Crippen molar-refractivity contribution >= 4 is 0 Å². The van der Waals surface area contributed by atoms with Crippen LogP contribution in [0.3, 0.4) is 0 Å². The Morgan fingerprint density at radius 2 is 1.93 bits per heavy atom. The minimum atomic E-state index is -0.813. The van der Waals surface area contributed by atoms with Crippen molar-refractivity contribution in [2.45, 2.75) is 59.5 Å². The van der Waals surface area contributed by atoms with E-state index in [0.717, 1.165) is 18.9 Å². The van der Waals surface area contributed by atoms with E-state index in [1.54, 1.807) is 0 Å². The largest absolute Gasteiger partial charge is 0.356 e. The van der Waals surface area contributed by atoms with Crippen molar-refractivity contribution in [3.63, 3.8) is 0 Å². The van der Waals surface area contributed by atoms with Gasteiger partial charge in [0, 0.05) is 0 Å². The van der Waals surface area contributed by atoms with Crippen molar-refractivity contribution in [3.8, 4) is 0 Å². The predicted octanol–water partition coefficient (Wildman–Crippen LogP) is 2.10. The summed E-state index contributed by atoms with van der Waals surface area (Å²) in [4.78, 5) is 0. The van der Waals surface area contributed by atoms with Crippen LogP contribution in [-0.2, 0) is 4.74 Å². The molecule has 0 amide bonds. The number of aliphatic hydroxyl groups is 1. The third-order valence-electron chi connectivity index (χ3n) is 2.29. The Labute approximate surface area is 87.8 Å². The van der Waals surface area contributed by atoms with E-state index in [9.17, 15) is 5.11 Å². The molecule has 0 aromatic heterocycles. The van der Waals surface area contributed by atoms with Crippen molar-refractivity contribution in [1.29, 1.82) is 0 Å². The van der Waals surface area contributed by atoms with Gasteiger partial charge in [-0.15, -0.1) is 0 Å². The Morgan fingerprint density at radius 3 is 2.43 bits per heavy atom. The van der Waals surface area contributed by atoms with Gasteiger partial charge in [-0.3, -0.25) is 5.32 Å². The van der Waals surface area contributed by atoms with Crippen molar-refractivity contribution in [3.05, 3.63) is 0 Å². The van der Waals surface area contributed by atoms with E-state index in [1.165, 1.54) is 12.8 Å². The smallest absolute Gasteiger partial charge is 0.213 e. The van der Waals surface area contributed by atoms with Crippen LogP contribution in [0.1, 0.15) is 47.0 Å². The molecule has 0 aliphatic rings. The summed E-state index contributed by atoms with van der Waals surface area (Å²) in [5, 5.41) is 12.2. The molecule has 3 heteroatoms. The molecule has 0 spiro atoms. The molecule has 2 atom stereocenters. The van der Waals surface area contributed by atoms with Gasteiger partial charge >= 0.3 is 0 Å². The first kappa shape index (κ1) is 13.9. The second-order valence-electron chi connectivity index (χ2n) is 4.15. The highest BCUT2D eigenvalue weighted by molar-refractivity contribution is 4.53. The van der Waals surface area contributed by atoms with E-state index in [-0.39, 0.29) is 6.10 Å². The number of hydrogen-bond donors (Lipinski definition) is 2. The molecular weight excluding hydrogens is 178 g/mol. The highest BCUT2D eigenvalue weighted by Gasteiger charge is 2.05. The number of ether oxygens (including phenoxy) is 1. The highest BCUT2D eigenvalue weighted by Crippen LogP contribution is 2.08. The third-order valence-corrected chi connectivity index (χ3v) is 2.29. The second-order valence-corrected chi connectivity index (χ2v) is 4.15. The van der Waals surface area contributed by atoms with Crippen LogP contribution in [0.2, 0.25) is 0 Å². The maximum absolute atomic E-state index is 9.31. The van der Waals surface area contributed by atoms with Crippen LogP contribution in [0.4, 0.5) is 0 Å². The zero-order valence-corrected chi connectivity index (χ0v) is 9.92. The van der Waals surface area contributed by atoms with Crippen molar-refractivity contribution in [2.24, 2.45) is 5.92 Å². The average molecular weight is 203 g/mol. The maximum atomic E-state index is 9.31. The van der Waals surface area contributed by atoms with Gasteiger partial charge in [0.25, 0.3) is 0 Å². The van der Waals surface area contributed by atoms with Crippen LogP contribution >= 0.6 is 0 Å². The fourth-order valence-corrected chi connectivity index (χ4v) is 1.19. The third kappa shape index (κ3) is 8.48. The summed E-state index contributed by atoms with van der Waals surface area (Å²) in [6.07, 6.45) is 2.77. The van der Waals surface area contributed by atoms with Crippen LogP contribution < -0.4 is 5.32 Å². The van der Waals surface area contributed by atoms with Crippen LogP contribution in [0, 0.1) is 5.92 Å². The van der Waals surface area contributed by atoms with Crippen LogP contribution in [-0.4, -0.2) is 24.2 Å². The molecule has 2 N–H and O–H groups in total. The minimum absolute atomic E-state index is 0.0621. The van der Waals surface area contributed by atoms with E-state index in [4.69, 9.17) is 4.74 Å². The number of hydrogen-bond acceptors (Lipinski definition) is 3. The predicted molar refractivity (Wildman–Crippen MR) is 58.9 cm³/mol. The van der Waals surface area contributed by atoms with Crippen LogP contribution in [0.25, 0.3) is 0 Å². The first-order valence-electron chi connectivity index (χ1n) is 5.63. The molecule has 0 aromatic carbocycles. The molecule has 86 valence electrons. The van der Waals surface area contributed by atoms with Gasteiger partial charge in [-0.05, 0) is 39.2 Å². The van der Waals surface area contributed by atoms with Gasteiger partial charge in [0.2, 0.25) is 6.41 Å². The Bertz CT molecular complexity index is 128. The first-order valence-corrected chi connectivity index (χ1v) is 5.63. The lowest BCUT2D eigenvalue weighted by atomic mass is 10.0. The van der Waals surface area contributed by atoms with Gasteiger partial charge < -0.3 is 9.84 Å². The molecule has 0 saturated carbocycles. The molecule has 14 heavy (non-hydrogen) atoms. The van der Waals surface area contributed by atoms with Crippen LogP contribution in [0.5, 0.6) is 0 Å². The lowest BCUT2D eigenvalue weighted by Gasteiger charge is -2.16. The fraction of sp³-hybridized carbons (Fsp3) is 1.00. The molecule has 0 bridgehead atoms. The molecule has 0 rings (SSSR count). The van der Waals surface area contributed by atoms with Gasteiger partial charge in [-0.1, -0.05) is 20.3 Å². The van der Waals surface area contributed by atoms with E-state index < -0.39 is 6.41 Å². The molecular formula is C11H25NO2. The van der Waals surface area contributed by atoms with Crippen molar-refractivity contribution in [2.75, 3.05) is 6.54 Å². The normalized spacial score (nSPS) is 15.9. The molecule has 0 fully saturated rings. The average Bonchev–Trinajstić information content (AvgIpc) is 2.10. The van der Waals surface area contributed by atoms with Gasteiger partial charge in [0.1, 0.15) is 0 Å². The SMILES string of the molecule is CCC(C)CCCN[C@@H](O)OC(C)C. The van der Waals surface area contributed by atoms with E-state index in [1.807, 2.05) is 13.8 Å². The Hall–Kier alpha value is -0.120. The lowest BCUT2D eigenvalue weighted by molar-refractivity contribution is -0.143. The first-order chi connectivity index (χ1) is 6.56. The number of aliphatic hydroxyl groups excluding tert-OH is 1. The summed E-state index contributed by atoms with van der Waals surface area (Å²) >= 11 is 0. The van der Waals surface area contributed by atoms with Crippen molar-refractivity contribution in [1.82, 2.24) is 5.32 Å². The monoisotopic (exact) mass is 203 g/mol. The maximum Gasteiger partial charge on any atom is 0.213 e. The standard InChI is InChI=1S/C11H25NO2/c1-5-10(4)7-6-8-12-11(13)14-9(2)3/h9-13H,5-8H2,1-4H3/t10?,11-/m0/s1. The number of rotatable bonds is 8. The van der Waals surface area contributed by atoms with E-state index >= 15 is 0 Å². The highest BCUT2D eigenvalue weighted by atomic mass is 16.6. The summed E-state index contributed by atoms with van der Waals surface area (Å²) in [5.74, 6) is 0.778. The summed E-state index contributed by atoms with van der Waals surface area (Å²) in [6, 6.07) is 0. The topological polar surface area (TPSA) is 41.5 Å². The number of nitrogens with one attached hydrogen (secondary N) is 1. The van der Waals surface area contributed by atoms with Gasteiger partial charge in [0.05, 0.1) is 6.10 Å². The molecule has 0 radical (unpaired) electrons. The molecule has 0 aliphatic carbocycles. The second kappa shape index (κ2) is 8.21. The molecule has 0 aromatic rings. The van der Waals surface area contributed by atoms with Crippen molar-refractivity contribution < 1.29 is 9.84 Å². The minimum Gasteiger partial charge on any atom is -0.356 e. The fourth-order valence-electron chi connectivity index (χ4n) is 1.19. The molecule has 0 aliphatic heterocycles. The van der Waals surface area contributed by atoms with Crippen LogP contribution in [0.15, 0.2) is 0 Å². The molecule has 0 saturated heterocycles. The Kier molecular flexibility index (Phi) is 8.14. The summed E-state index contributed by atoms with van der Waals surface area (Å²) < 4.78 is 5.13. The molecule has 3 nitrogen and oxygen atoms in total. The van der Waals surface area contributed by atoms with E-state index in [0.29, 0.717) is 0 Å². The van der Waals surface area contributed by atoms with Gasteiger partial charge in [-0.25, -0.2) is 0 Å². The zero-order valence-electron chi connectivity index (χ0n) is 9.92. The molecule has 1 unspecified atom stereocenters. The van der Waals surface area contributed by atoms with Gasteiger partial charge in [0.15, 0.2) is 0 Å².